The van der Waals surface area contributed by atoms with Crippen molar-refractivity contribution in [2.45, 2.75) is 0 Å². The Morgan fingerprint density at radius 1 is 1.54 bits per heavy atom. The average Bonchev–Trinajstić information content (AvgIpc) is 2.09. The van der Waals surface area contributed by atoms with Gasteiger partial charge < -0.3 is 9.64 Å². The fraction of sp³-hybridized carbons (Fsp3) is 0.333. The lowest BCUT2D eigenvalue weighted by atomic mass is 10.3. The molecule has 1 rings (SSSR count). The molecular weight excluding hydrogens is 237 g/mol. The number of hydrogen-bond acceptors (Lipinski definition) is 2. The molecule has 0 fully saturated rings. The first kappa shape index (κ1) is 10.5. The van der Waals surface area contributed by atoms with Crippen LogP contribution in [0.15, 0.2) is 22.7 Å². The fourth-order valence-electron chi connectivity index (χ4n) is 1.04. The van der Waals surface area contributed by atoms with Gasteiger partial charge in [-0.25, -0.2) is 4.39 Å². The summed E-state index contributed by atoms with van der Waals surface area (Å²) in [7, 11) is 3.35. The van der Waals surface area contributed by atoms with Crippen molar-refractivity contribution in [3.05, 3.63) is 28.5 Å². The summed E-state index contributed by atoms with van der Waals surface area (Å²) in [5.74, 6) is -0.247. The van der Waals surface area contributed by atoms with Crippen LogP contribution in [0.3, 0.4) is 0 Å². The summed E-state index contributed by atoms with van der Waals surface area (Å²) in [5, 5.41) is 0. The van der Waals surface area contributed by atoms with E-state index in [1.807, 2.05) is 0 Å². The molecule has 0 saturated heterocycles. The molecule has 13 heavy (non-hydrogen) atoms. The Morgan fingerprint density at radius 2 is 2.23 bits per heavy atom. The van der Waals surface area contributed by atoms with Gasteiger partial charge >= 0.3 is 0 Å². The Bertz CT molecular complexity index is 293. The van der Waals surface area contributed by atoms with Crippen LogP contribution < -0.4 is 4.90 Å². The van der Waals surface area contributed by atoms with Crippen molar-refractivity contribution in [3.8, 4) is 0 Å². The fourth-order valence-corrected chi connectivity index (χ4v) is 1.39. The van der Waals surface area contributed by atoms with Crippen LogP contribution in [0.2, 0.25) is 0 Å². The highest BCUT2D eigenvalue weighted by Crippen LogP contribution is 2.22. The third kappa shape index (κ3) is 2.67. The molecule has 0 N–H and O–H groups in total. The normalized spacial score (nSPS) is 10.2. The molecule has 0 atom stereocenters. The molecule has 1 aromatic carbocycles. The first-order valence-electron chi connectivity index (χ1n) is 3.80. The number of rotatable bonds is 3. The van der Waals surface area contributed by atoms with Crippen LogP contribution in [0.4, 0.5) is 10.1 Å². The molecular formula is C9H11BrFNO. The Morgan fingerprint density at radius 3 is 2.85 bits per heavy atom. The summed E-state index contributed by atoms with van der Waals surface area (Å²) < 4.78 is 19.0. The first-order valence-corrected chi connectivity index (χ1v) is 4.59. The maximum Gasteiger partial charge on any atom is 0.146 e. The molecule has 0 radical (unpaired) electrons. The standard InChI is InChI=1S/C9H11BrFNO/c1-12(6-13-2)9-5-7(10)3-4-8(9)11/h3-5H,6H2,1-2H3. The van der Waals surface area contributed by atoms with E-state index in [1.165, 1.54) is 6.07 Å². The predicted octanol–water partition coefficient (Wildman–Crippen LogP) is 2.63. The molecule has 0 bridgehead atoms. The predicted molar refractivity (Wildman–Crippen MR) is 54.4 cm³/mol. The lowest BCUT2D eigenvalue weighted by molar-refractivity contribution is 0.201. The molecule has 0 heterocycles. The summed E-state index contributed by atoms with van der Waals surface area (Å²) in [6, 6.07) is 4.80. The minimum Gasteiger partial charge on any atom is -0.364 e. The van der Waals surface area contributed by atoms with Crippen LogP contribution in [-0.4, -0.2) is 20.9 Å². The number of anilines is 1. The van der Waals surface area contributed by atoms with Crippen LogP contribution in [0, 0.1) is 5.82 Å². The SMILES string of the molecule is COCN(C)c1cc(Br)ccc1F. The van der Waals surface area contributed by atoms with Gasteiger partial charge in [0.15, 0.2) is 0 Å². The highest BCUT2D eigenvalue weighted by molar-refractivity contribution is 9.10. The molecule has 0 saturated carbocycles. The molecule has 2 nitrogen and oxygen atoms in total. The highest BCUT2D eigenvalue weighted by atomic mass is 79.9. The minimum atomic E-state index is -0.247. The number of ether oxygens (including phenoxy) is 1. The smallest absolute Gasteiger partial charge is 0.146 e. The van der Waals surface area contributed by atoms with Gasteiger partial charge in [-0.1, -0.05) is 15.9 Å². The zero-order valence-corrected chi connectivity index (χ0v) is 9.14. The van der Waals surface area contributed by atoms with Crippen LogP contribution in [0.25, 0.3) is 0 Å². The van der Waals surface area contributed by atoms with Crippen molar-refractivity contribution in [1.82, 2.24) is 0 Å². The number of benzene rings is 1. The van der Waals surface area contributed by atoms with E-state index in [4.69, 9.17) is 4.74 Å². The van der Waals surface area contributed by atoms with Gasteiger partial charge in [0.1, 0.15) is 12.5 Å². The summed E-state index contributed by atoms with van der Waals surface area (Å²) in [4.78, 5) is 1.69. The second-order valence-electron chi connectivity index (χ2n) is 2.71. The Balaban J connectivity index is 2.91. The van der Waals surface area contributed by atoms with E-state index in [-0.39, 0.29) is 5.82 Å². The second-order valence-corrected chi connectivity index (χ2v) is 3.63. The second kappa shape index (κ2) is 4.58. The summed E-state index contributed by atoms with van der Waals surface area (Å²) in [6.45, 7) is 0.368. The summed E-state index contributed by atoms with van der Waals surface area (Å²) in [5.41, 5.74) is 0.524. The number of hydrogen-bond donors (Lipinski definition) is 0. The maximum atomic E-state index is 13.2. The number of methoxy groups -OCH3 is 1. The Labute approximate surface area is 85.4 Å². The van der Waals surface area contributed by atoms with Gasteiger partial charge in [0, 0.05) is 18.6 Å². The van der Waals surface area contributed by atoms with Gasteiger partial charge in [-0.05, 0) is 18.2 Å². The molecule has 4 heteroatoms. The van der Waals surface area contributed by atoms with Crippen molar-refractivity contribution >= 4 is 21.6 Å². The van der Waals surface area contributed by atoms with Gasteiger partial charge in [0.05, 0.1) is 5.69 Å². The monoisotopic (exact) mass is 247 g/mol. The van der Waals surface area contributed by atoms with E-state index in [1.54, 1.807) is 31.2 Å². The van der Waals surface area contributed by atoms with Gasteiger partial charge in [0.2, 0.25) is 0 Å². The lowest BCUT2D eigenvalue weighted by Gasteiger charge is -2.18. The number of halogens is 2. The van der Waals surface area contributed by atoms with E-state index < -0.39 is 0 Å². The molecule has 0 amide bonds. The maximum absolute atomic E-state index is 13.2. The molecule has 0 unspecified atom stereocenters. The van der Waals surface area contributed by atoms with E-state index in [9.17, 15) is 4.39 Å². The van der Waals surface area contributed by atoms with E-state index in [2.05, 4.69) is 15.9 Å². The Kier molecular flexibility index (Phi) is 3.69. The van der Waals surface area contributed by atoms with Crippen molar-refractivity contribution in [2.75, 3.05) is 25.8 Å². The minimum absolute atomic E-state index is 0.247. The first-order chi connectivity index (χ1) is 6.15. The van der Waals surface area contributed by atoms with Gasteiger partial charge in [-0.3, -0.25) is 0 Å². The highest BCUT2D eigenvalue weighted by Gasteiger charge is 2.06. The summed E-state index contributed by atoms with van der Waals surface area (Å²) in [6.07, 6.45) is 0. The zero-order valence-electron chi connectivity index (χ0n) is 7.55. The van der Waals surface area contributed by atoms with E-state index in [0.717, 1.165) is 4.47 Å². The van der Waals surface area contributed by atoms with Crippen LogP contribution in [0.5, 0.6) is 0 Å². The topological polar surface area (TPSA) is 12.5 Å². The van der Waals surface area contributed by atoms with Gasteiger partial charge in [-0.2, -0.15) is 0 Å². The molecule has 1 aromatic rings. The van der Waals surface area contributed by atoms with Gasteiger partial charge in [-0.15, -0.1) is 0 Å². The average molecular weight is 248 g/mol. The van der Waals surface area contributed by atoms with Crippen LogP contribution >= 0.6 is 15.9 Å². The molecule has 0 spiro atoms. The van der Waals surface area contributed by atoms with E-state index >= 15 is 0 Å². The molecule has 0 aliphatic carbocycles. The Hall–Kier alpha value is -0.610. The molecule has 0 aromatic heterocycles. The van der Waals surface area contributed by atoms with Gasteiger partial charge in [0.25, 0.3) is 0 Å². The van der Waals surface area contributed by atoms with Crippen LogP contribution in [-0.2, 0) is 4.74 Å². The zero-order chi connectivity index (χ0) is 9.84. The van der Waals surface area contributed by atoms with Crippen LogP contribution in [0.1, 0.15) is 0 Å². The molecule has 0 aliphatic rings. The molecule has 0 aliphatic heterocycles. The summed E-state index contributed by atoms with van der Waals surface area (Å²) >= 11 is 3.28. The number of nitrogens with zero attached hydrogens (tertiary/aromatic N) is 1. The third-order valence-electron chi connectivity index (χ3n) is 1.64. The molecule has 72 valence electrons. The van der Waals surface area contributed by atoms with Crippen molar-refractivity contribution in [3.63, 3.8) is 0 Å². The third-order valence-corrected chi connectivity index (χ3v) is 2.14. The largest absolute Gasteiger partial charge is 0.364 e. The van der Waals surface area contributed by atoms with Crippen molar-refractivity contribution < 1.29 is 9.13 Å². The lowest BCUT2D eigenvalue weighted by Crippen LogP contribution is -2.20. The van der Waals surface area contributed by atoms with Crippen molar-refractivity contribution in [1.29, 1.82) is 0 Å². The quantitative estimate of drug-likeness (QED) is 0.762. The van der Waals surface area contributed by atoms with E-state index in [0.29, 0.717) is 12.4 Å². The van der Waals surface area contributed by atoms with Crippen molar-refractivity contribution in [2.24, 2.45) is 0 Å².